The first-order chi connectivity index (χ1) is 8.25. The van der Waals surface area contributed by atoms with Crippen LogP contribution in [0.5, 0.6) is 0 Å². The van der Waals surface area contributed by atoms with Gasteiger partial charge in [0.25, 0.3) is 0 Å². The summed E-state index contributed by atoms with van der Waals surface area (Å²) in [5, 5.41) is 3.69. The van der Waals surface area contributed by atoms with Crippen molar-refractivity contribution in [2.75, 3.05) is 6.61 Å². The van der Waals surface area contributed by atoms with Gasteiger partial charge >= 0.3 is 0 Å². The first-order valence-corrected chi connectivity index (χ1v) is 6.60. The van der Waals surface area contributed by atoms with Crippen molar-refractivity contribution in [3.63, 3.8) is 0 Å². The van der Waals surface area contributed by atoms with Gasteiger partial charge in [-0.2, -0.15) is 0 Å². The van der Waals surface area contributed by atoms with Crippen LogP contribution in [0.4, 0.5) is 0 Å². The molecule has 0 bridgehead atoms. The van der Waals surface area contributed by atoms with E-state index in [1.54, 1.807) is 0 Å². The minimum Gasteiger partial charge on any atom is -0.376 e. The maximum atomic E-state index is 5.85. The van der Waals surface area contributed by atoms with Gasteiger partial charge in [0.05, 0.1) is 12.1 Å². The Bertz CT molecular complexity index is 386. The second-order valence-corrected chi connectivity index (χ2v) is 5.35. The number of aryl methyl sites for hydroxylation is 1. The first kappa shape index (κ1) is 11.2. The second kappa shape index (κ2) is 4.42. The smallest absolute Gasteiger partial charge is 0.125 e. The number of nitrogens with zero attached hydrogens (tertiary/aromatic N) is 2. The zero-order valence-electron chi connectivity index (χ0n) is 10.6. The molecule has 0 aromatic carbocycles. The standard InChI is InChI=1S/C13H21N3O/c1-9(13-14-6-7-16(13)2)15-11-5-8-17-12(11)10-3-4-10/h6-7,9-12,15H,3-5,8H2,1-2H3. The Kier molecular flexibility index (Phi) is 2.92. The van der Waals surface area contributed by atoms with E-state index in [-0.39, 0.29) is 0 Å². The lowest BCUT2D eigenvalue weighted by molar-refractivity contribution is 0.0790. The van der Waals surface area contributed by atoms with Gasteiger partial charge in [-0.25, -0.2) is 4.98 Å². The zero-order valence-corrected chi connectivity index (χ0v) is 10.6. The summed E-state index contributed by atoms with van der Waals surface area (Å²) >= 11 is 0. The molecule has 1 aromatic rings. The third-order valence-corrected chi connectivity index (χ3v) is 3.93. The van der Waals surface area contributed by atoms with Crippen LogP contribution in [-0.4, -0.2) is 28.3 Å². The predicted molar refractivity (Wildman–Crippen MR) is 65.6 cm³/mol. The van der Waals surface area contributed by atoms with Gasteiger partial charge in [0.1, 0.15) is 5.82 Å². The van der Waals surface area contributed by atoms with Crippen LogP contribution in [0.25, 0.3) is 0 Å². The Morgan fingerprint density at radius 3 is 2.94 bits per heavy atom. The van der Waals surface area contributed by atoms with Crippen LogP contribution < -0.4 is 5.32 Å². The van der Waals surface area contributed by atoms with Crippen molar-refractivity contribution in [3.8, 4) is 0 Å². The van der Waals surface area contributed by atoms with Gasteiger partial charge in [0, 0.05) is 32.1 Å². The molecule has 2 fully saturated rings. The van der Waals surface area contributed by atoms with Crippen LogP contribution in [-0.2, 0) is 11.8 Å². The Labute approximate surface area is 102 Å². The normalized spacial score (nSPS) is 30.7. The molecule has 0 spiro atoms. The molecule has 3 rings (SSSR count). The molecule has 4 nitrogen and oxygen atoms in total. The van der Waals surface area contributed by atoms with E-state index in [0.717, 1.165) is 24.8 Å². The van der Waals surface area contributed by atoms with Gasteiger partial charge in [-0.05, 0) is 32.1 Å². The van der Waals surface area contributed by atoms with Gasteiger partial charge < -0.3 is 14.6 Å². The summed E-state index contributed by atoms with van der Waals surface area (Å²) in [5.41, 5.74) is 0. The fourth-order valence-electron chi connectivity index (χ4n) is 2.87. The average Bonchev–Trinajstić information content (AvgIpc) is 2.89. The summed E-state index contributed by atoms with van der Waals surface area (Å²) in [6.45, 7) is 3.09. The zero-order chi connectivity index (χ0) is 11.8. The summed E-state index contributed by atoms with van der Waals surface area (Å²) in [7, 11) is 2.05. The number of ether oxygens (including phenoxy) is 1. The van der Waals surface area contributed by atoms with E-state index >= 15 is 0 Å². The SMILES string of the molecule is CC(NC1CCOC1C1CC1)c1nccn1C. The molecule has 1 saturated heterocycles. The van der Waals surface area contributed by atoms with E-state index in [1.165, 1.54) is 12.8 Å². The summed E-state index contributed by atoms with van der Waals surface area (Å²) in [5.74, 6) is 1.91. The summed E-state index contributed by atoms with van der Waals surface area (Å²) < 4.78 is 7.93. The van der Waals surface area contributed by atoms with Crippen molar-refractivity contribution < 1.29 is 4.74 Å². The number of rotatable bonds is 4. The van der Waals surface area contributed by atoms with Gasteiger partial charge in [-0.3, -0.25) is 0 Å². The summed E-state index contributed by atoms with van der Waals surface area (Å²) in [4.78, 5) is 4.40. The molecule has 3 unspecified atom stereocenters. The molecular weight excluding hydrogens is 214 g/mol. The lowest BCUT2D eigenvalue weighted by atomic mass is 10.1. The minimum atomic E-state index is 0.294. The molecule has 1 N–H and O–H groups in total. The molecular formula is C13H21N3O. The molecule has 1 saturated carbocycles. The molecule has 0 radical (unpaired) electrons. The molecule has 2 heterocycles. The van der Waals surface area contributed by atoms with Gasteiger partial charge in [0.2, 0.25) is 0 Å². The van der Waals surface area contributed by atoms with Crippen molar-refractivity contribution in [3.05, 3.63) is 18.2 Å². The highest BCUT2D eigenvalue weighted by atomic mass is 16.5. The van der Waals surface area contributed by atoms with Crippen LogP contribution in [0.2, 0.25) is 0 Å². The molecule has 1 aliphatic carbocycles. The van der Waals surface area contributed by atoms with Crippen molar-refractivity contribution in [1.29, 1.82) is 0 Å². The van der Waals surface area contributed by atoms with Crippen molar-refractivity contribution in [2.24, 2.45) is 13.0 Å². The number of aromatic nitrogens is 2. The Morgan fingerprint density at radius 2 is 2.29 bits per heavy atom. The lowest BCUT2D eigenvalue weighted by Gasteiger charge is -2.23. The van der Waals surface area contributed by atoms with Crippen molar-refractivity contribution in [2.45, 2.75) is 44.4 Å². The van der Waals surface area contributed by atoms with Crippen LogP contribution in [0.3, 0.4) is 0 Å². The molecule has 2 aliphatic rings. The van der Waals surface area contributed by atoms with Gasteiger partial charge in [-0.1, -0.05) is 0 Å². The van der Waals surface area contributed by atoms with E-state index in [0.29, 0.717) is 18.2 Å². The maximum absolute atomic E-state index is 5.85. The Hall–Kier alpha value is -0.870. The minimum absolute atomic E-state index is 0.294. The van der Waals surface area contributed by atoms with Crippen LogP contribution in [0.15, 0.2) is 12.4 Å². The van der Waals surface area contributed by atoms with E-state index < -0.39 is 0 Å². The molecule has 94 valence electrons. The first-order valence-electron chi connectivity index (χ1n) is 6.60. The van der Waals surface area contributed by atoms with Crippen molar-refractivity contribution in [1.82, 2.24) is 14.9 Å². The van der Waals surface area contributed by atoms with Gasteiger partial charge in [-0.15, -0.1) is 0 Å². The lowest BCUT2D eigenvalue weighted by Crippen LogP contribution is -2.39. The summed E-state index contributed by atoms with van der Waals surface area (Å²) in [6, 6.07) is 0.803. The van der Waals surface area contributed by atoms with Crippen LogP contribution in [0, 0.1) is 5.92 Å². The van der Waals surface area contributed by atoms with Gasteiger partial charge in [0.15, 0.2) is 0 Å². The number of imidazole rings is 1. The molecule has 1 aliphatic heterocycles. The van der Waals surface area contributed by atoms with Crippen LogP contribution >= 0.6 is 0 Å². The second-order valence-electron chi connectivity index (χ2n) is 5.35. The van der Waals surface area contributed by atoms with Crippen molar-refractivity contribution >= 4 is 0 Å². The molecule has 1 aromatic heterocycles. The highest BCUT2D eigenvalue weighted by Gasteiger charge is 2.41. The quantitative estimate of drug-likeness (QED) is 0.862. The number of hydrogen-bond donors (Lipinski definition) is 1. The van der Waals surface area contributed by atoms with E-state index in [2.05, 4.69) is 21.8 Å². The van der Waals surface area contributed by atoms with E-state index in [4.69, 9.17) is 4.74 Å². The fourth-order valence-corrected chi connectivity index (χ4v) is 2.87. The van der Waals surface area contributed by atoms with E-state index in [9.17, 15) is 0 Å². The largest absolute Gasteiger partial charge is 0.376 e. The number of hydrogen-bond acceptors (Lipinski definition) is 3. The maximum Gasteiger partial charge on any atom is 0.125 e. The van der Waals surface area contributed by atoms with E-state index in [1.807, 2.05) is 19.4 Å². The third-order valence-electron chi connectivity index (χ3n) is 3.93. The summed E-state index contributed by atoms with van der Waals surface area (Å²) in [6.07, 6.45) is 8.13. The molecule has 17 heavy (non-hydrogen) atoms. The highest BCUT2D eigenvalue weighted by Crippen LogP contribution is 2.39. The fraction of sp³-hybridized carbons (Fsp3) is 0.769. The Balaban J connectivity index is 1.64. The van der Waals surface area contributed by atoms with Crippen LogP contribution in [0.1, 0.15) is 38.1 Å². The highest BCUT2D eigenvalue weighted by molar-refractivity contribution is 5.01. The molecule has 4 heteroatoms. The third kappa shape index (κ3) is 2.24. The molecule has 3 atom stereocenters. The predicted octanol–water partition coefficient (Wildman–Crippen LogP) is 1.64. The number of nitrogens with one attached hydrogen (secondary N) is 1. The monoisotopic (exact) mass is 235 g/mol. The Morgan fingerprint density at radius 1 is 1.47 bits per heavy atom. The molecule has 0 amide bonds. The average molecular weight is 235 g/mol. The topological polar surface area (TPSA) is 39.1 Å².